The molecule has 8 nitrogen and oxygen atoms in total. The molecule has 1 saturated heterocycles. The molecule has 0 bridgehead atoms. The Morgan fingerprint density at radius 3 is 2.70 bits per heavy atom. The summed E-state index contributed by atoms with van der Waals surface area (Å²) in [7, 11) is -0.749. The maximum Gasteiger partial charge on any atom is 0.225 e. The van der Waals surface area contributed by atoms with Crippen LogP contribution in [0.2, 0.25) is 0 Å². The Morgan fingerprint density at radius 2 is 1.95 bits per heavy atom. The maximum absolute atomic E-state index is 14.0. The summed E-state index contributed by atoms with van der Waals surface area (Å²) in [5, 5.41) is 9.90. The summed E-state index contributed by atoms with van der Waals surface area (Å²) < 4.78 is 14.0. The number of carbonyl (C=O) groups is 1. The number of benzene rings is 1. The van der Waals surface area contributed by atoms with Gasteiger partial charge in [0.1, 0.15) is 24.2 Å². The van der Waals surface area contributed by atoms with E-state index in [0.29, 0.717) is 36.7 Å². The van der Waals surface area contributed by atoms with Crippen LogP contribution in [-0.4, -0.2) is 58.2 Å². The van der Waals surface area contributed by atoms with Gasteiger partial charge in [0.2, 0.25) is 5.91 Å². The highest BCUT2D eigenvalue weighted by Crippen LogP contribution is 2.47. The van der Waals surface area contributed by atoms with Crippen molar-refractivity contribution in [1.29, 1.82) is 0 Å². The predicted octanol–water partition coefficient (Wildman–Crippen LogP) is 5.19. The van der Waals surface area contributed by atoms with E-state index in [1.165, 1.54) is 21.6 Å². The fraction of sp³-hybridized carbons (Fsp3) is 0.400. The third kappa shape index (κ3) is 5.42. The van der Waals surface area contributed by atoms with E-state index in [0.717, 1.165) is 36.1 Å². The highest BCUT2D eigenvalue weighted by Gasteiger charge is 2.38. The lowest BCUT2D eigenvalue weighted by molar-refractivity contribution is -0.132. The van der Waals surface area contributed by atoms with Gasteiger partial charge < -0.3 is 20.1 Å². The topological polar surface area (TPSA) is 100 Å². The van der Waals surface area contributed by atoms with Gasteiger partial charge in [0.05, 0.1) is 17.8 Å². The van der Waals surface area contributed by atoms with E-state index in [9.17, 15) is 9.36 Å². The average molecular weight is 575 g/mol. The Morgan fingerprint density at radius 1 is 1.18 bits per heavy atom. The number of anilines is 1. The SMILES string of the molecule is CNCc1ccccc1-c1csc([C@@H](C)Nc2nc(C)nc3cnc(P4(=O)CCN(C(=O)C5CC5)CC4)cc23)c1. The lowest BCUT2D eigenvalue weighted by Gasteiger charge is -2.32. The van der Waals surface area contributed by atoms with E-state index in [2.05, 4.69) is 63.2 Å². The molecular formula is C30H35N6O2PS. The molecule has 3 aromatic heterocycles. The summed E-state index contributed by atoms with van der Waals surface area (Å²) in [5.41, 5.74) is 5.05. The maximum atomic E-state index is 14.0. The van der Waals surface area contributed by atoms with Gasteiger partial charge in [-0.15, -0.1) is 11.3 Å². The minimum atomic E-state index is -2.71. The van der Waals surface area contributed by atoms with E-state index < -0.39 is 7.14 Å². The number of aryl methyl sites for hydroxylation is 1. The number of nitrogens with one attached hydrogen (secondary N) is 2. The van der Waals surface area contributed by atoms with Crippen molar-refractivity contribution >= 4 is 46.5 Å². The highest BCUT2D eigenvalue weighted by molar-refractivity contribution is 7.71. The molecule has 1 amide bonds. The van der Waals surface area contributed by atoms with Crippen LogP contribution in [0.3, 0.4) is 0 Å². The molecule has 4 aromatic rings. The molecule has 6 rings (SSSR count). The molecular weight excluding hydrogens is 539 g/mol. The summed E-state index contributed by atoms with van der Waals surface area (Å²) in [6, 6.07) is 12.6. The minimum absolute atomic E-state index is 0.0111. The van der Waals surface area contributed by atoms with Crippen LogP contribution in [0.15, 0.2) is 48.0 Å². The zero-order valence-corrected chi connectivity index (χ0v) is 24.9. The van der Waals surface area contributed by atoms with Crippen LogP contribution >= 0.6 is 18.5 Å². The van der Waals surface area contributed by atoms with Crippen molar-refractivity contribution in [2.45, 2.75) is 39.3 Å². The summed E-state index contributed by atoms with van der Waals surface area (Å²) >= 11 is 1.73. The Hall–Kier alpha value is -3.13. The van der Waals surface area contributed by atoms with Gasteiger partial charge in [-0.1, -0.05) is 24.3 Å². The summed E-state index contributed by atoms with van der Waals surface area (Å²) in [6.45, 7) is 5.90. The largest absolute Gasteiger partial charge is 0.362 e. The van der Waals surface area contributed by atoms with Gasteiger partial charge in [-0.2, -0.15) is 0 Å². The number of nitrogens with zero attached hydrogens (tertiary/aromatic N) is 4. The molecule has 2 fully saturated rings. The molecule has 2 aliphatic rings. The van der Waals surface area contributed by atoms with Gasteiger partial charge in [-0.05, 0) is 67.9 Å². The van der Waals surface area contributed by atoms with Crippen LogP contribution in [-0.2, 0) is 15.9 Å². The smallest absolute Gasteiger partial charge is 0.225 e. The van der Waals surface area contributed by atoms with Gasteiger partial charge >= 0.3 is 0 Å². The summed E-state index contributed by atoms with van der Waals surface area (Å²) in [6.07, 6.45) is 4.65. The van der Waals surface area contributed by atoms with Crippen molar-refractivity contribution in [3.8, 4) is 11.1 Å². The number of aromatic nitrogens is 3. The highest BCUT2D eigenvalue weighted by atomic mass is 32.1. The normalized spacial score (nSPS) is 17.6. The van der Waals surface area contributed by atoms with Crippen molar-refractivity contribution in [3.63, 3.8) is 0 Å². The molecule has 40 heavy (non-hydrogen) atoms. The van der Waals surface area contributed by atoms with Crippen molar-refractivity contribution in [1.82, 2.24) is 25.2 Å². The van der Waals surface area contributed by atoms with Crippen molar-refractivity contribution in [2.75, 3.05) is 37.8 Å². The van der Waals surface area contributed by atoms with Gasteiger partial charge in [0.25, 0.3) is 0 Å². The number of fused-ring (bicyclic) bond motifs is 1. The zero-order chi connectivity index (χ0) is 27.9. The molecule has 1 saturated carbocycles. The first-order chi connectivity index (χ1) is 19.3. The lowest BCUT2D eigenvalue weighted by Crippen LogP contribution is -2.42. The first-order valence-electron chi connectivity index (χ1n) is 13.9. The first-order valence-corrected chi connectivity index (χ1v) is 16.9. The molecule has 208 valence electrons. The average Bonchev–Trinajstić information content (AvgIpc) is 3.69. The van der Waals surface area contributed by atoms with Crippen molar-refractivity contribution in [2.24, 2.45) is 5.92 Å². The molecule has 0 radical (unpaired) electrons. The standard InChI is InChI=1S/C30H35N6O2PS/c1-19(27-14-23(18-40-27)24-7-5-4-6-22(24)16-31-3)33-29-25-15-28(32-17-26(25)34-20(2)35-29)39(38)12-10-36(11-13-39)30(37)21-8-9-21/h4-7,14-15,17-19,21,31H,8-13,16H2,1-3H3,(H,33,34,35)/t19-/m1/s1. The Bertz CT molecular complexity index is 1610. The van der Waals surface area contributed by atoms with Crippen molar-refractivity contribution < 1.29 is 9.36 Å². The number of amides is 1. The summed E-state index contributed by atoms with van der Waals surface area (Å²) in [5.74, 6) is 1.79. The van der Waals surface area contributed by atoms with Gasteiger partial charge in [-0.3, -0.25) is 9.78 Å². The van der Waals surface area contributed by atoms with E-state index in [-0.39, 0.29) is 17.9 Å². The second kappa shape index (κ2) is 11.0. The molecule has 0 spiro atoms. The molecule has 1 aromatic carbocycles. The predicted molar refractivity (Wildman–Crippen MR) is 163 cm³/mol. The number of carbonyl (C=O) groups excluding carboxylic acids is 1. The van der Waals surface area contributed by atoms with Crippen molar-refractivity contribution in [3.05, 3.63) is 64.2 Å². The third-order valence-electron chi connectivity index (χ3n) is 7.89. The van der Waals surface area contributed by atoms with Crippen LogP contribution in [0.25, 0.3) is 22.0 Å². The van der Waals surface area contributed by atoms with Crippen LogP contribution in [0, 0.1) is 12.8 Å². The van der Waals surface area contributed by atoms with E-state index >= 15 is 0 Å². The fourth-order valence-corrected chi connectivity index (χ4v) is 8.80. The minimum Gasteiger partial charge on any atom is -0.362 e. The molecule has 1 aliphatic heterocycles. The van der Waals surface area contributed by atoms with Crippen LogP contribution in [0.1, 0.15) is 42.1 Å². The van der Waals surface area contributed by atoms with E-state index in [4.69, 9.17) is 4.98 Å². The Labute approximate surface area is 239 Å². The molecule has 0 unspecified atom stereocenters. The van der Waals surface area contributed by atoms with Crippen LogP contribution in [0.5, 0.6) is 0 Å². The Kier molecular flexibility index (Phi) is 7.46. The molecule has 1 atom stereocenters. The second-order valence-electron chi connectivity index (χ2n) is 10.9. The quantitative estimate of drug-likeness (QED) is 0.279. The van der Waals surface area contributed by atoms with E-state index in [1.807, 2.05) is 24.9 Å². The molecule has 10 heteroatoms. The van der Waals surface area contributed by atoms with Crippen LogP contribution in [0.4, 0.5) is 5.82 Å². The lowest BCUT2D eigenvalue weighted by atomic mass is 10.0. The fourth-order valence-electron chi connectivity index (χ4n) is 5.44. The number of thiophene rings is 1. The zero-order valence-electron chi connectivity index (χ0n) is 23.2. The number of hydrogen-bond acceptors (Lipinski definition) is 8. The molecule has 2 N–H and O–H groups in total. The first kappa shape index (κ1) is 27.1. The van der Waals surface area contributed by atoms with Gasteiger partial charge in [0, 0.05) is 48.1 Å². The third-order valence-corrected chi connectivity index (χ3v) is 11.9. The molecule has 1 aliphatic carbocycles. The number of pyridine rings is 1. The van der Waals surface area contributed by atoms with Gasteiger partial charge in [0.15, 0.2) is 0 Å². The second-order valence-corrected chi connectivity index (χ2v) is 15.0. The number of hydrogen-bond donors (Lipinski definition) is 2. The van der Waals surface area contributed by atoms with Gasteiger partial charge in [-0.25, -0.2) is 9.97 Å². The summed E-state index contributed by atoms with van der Waals surface area (Å²) in [4.78, 5) is 29.5. The monoisotopic (exact) mass is 574 g/mol. The number of rotatable bonds is 8. The van der Waals surface area contributed by atoms with E-state index in [1.54, 1.807) is 17.5 Å². The molecule has 4 heterocycles. The van der Waals surface area contributed by atoms with Crippen LogP contribution < -0.4 is 16.1 Å². The Balaban J connectivity index is 1.25.